The van der Waals surface area contributed by atoms with Gasteiger partial charge in [0.1, 0.15) is 5.15 Å². The maximum Gasteiger partial charge on any atom is 0.209 e. The highest BCUT2D eigenvalue weighted by molar-refractivity contribution is 6.32. The number of para-hydroxylation sites is 1. The summed E-state index contributed by atoms with van der Waals surface area (Å²) in [7, 11) is 1.70. The van der Waals surface area contributed by atoms with E-state index < -0.39 is 0 Å². The van der Waals surface area contributed by atoms with E-state index >= 15 is 0 Å². The number of aromatic nitrogens is 6. The van der Waals surface area contributed by atoms with E-state index in [1.165, 1.54) is 4.80 Å². The molecule has 2 aromatic heterocycles. The molecule has 0 spiro atoms. The predicted octanol–water partition coefficient (Wildman–Crippen LogP) is 1.72. The lowest BCUT2D eigenvalue weighted by atomic mass is 10.3. The van der Waals surface area contributed by atoms with Gasteiger partial charge in [-0.05, 0) is 17.3 Å². The van der Waals surface area contributed by atoms with Gasteiger partial charge in [-0.25, -0.2) is 4.68 Å². The van der Waals surface area contributed by atoms with Crippen molar-refractivity contribution in [2.45, 2.75) is 0 Å². The van der Waals surface area contributed by atoms with Crippen LogP contribution in [0.3, 0.4) is 0 Å². The first-order valence-electron chi connectivity index (χ1n) is 5.29. The van der Waals surface area contributed by atoms with Gasteiger partial charge in [0.15, 0.2) is 0 Å². The Morgan fingerprint density at radius 2 is 1.94 bits per heavy atom. The van der Waals surface area contributed by atoms with E-state index in [4.69, 9.17) is 11.6 Å². The van der Waals surface area contributed by atoms with Gasteiger partial charge in [0, 0.05) is 0 Å². The van der Waals surface area contributed by atoms with Gasteiger partial charge < -0.3 is 0 Å². The van der Waals surface area contributed by atoms with Crippen LogP contribution in [0.2, 0.25) is 5.15 Å². The fourth-order valence-electron chi connectivity index (χ4n) is 1.62. The summed E-state index contributed by atoms with van der Waals surface area (Å²) in [6.45, 7) is 0. The number of halogens is 1. The first kappa shape index (κ1) is 10.9. The number of tetrazole rings is 1. The minimum absolute atomic E-state index is 0.463. The predicted molar refractivity (Wildman–Crippen MR) is 66.4 cm³/mol. The molecule has 0 saturated carbocycles. The largest absolute Gasteiger partial charge is 0.221 e. The second-order valence-electron chi connectivity index (χ2n) is 3.70. The van der Waals surface area contributed by atoms with E-state index in [2.05, 4.69) is 20.5 Å². The standard InChI is InChI=1S/C11H9ClN6/c1-17-15-11(14-16-17)9-7-13-18(10(9)12)8-5-3-2-4-6-8/h2-7H,1H3. The Balaban J connectivity index is 2.08. The molecule has 0 bridgehead atoms. The normalized spacial score (nSPS) is 10.8. The average Bonchev–Trinajstić information content (AvgIpc) is 2.97. The molecule has 1 aromatic carbocycles. The van der Waals surface area contributed by atoms with Crippen LogP contribution < -0.4 is 0 Å². The molecule has 0 aliphatic heterocycles. The molecule has 0 fully saturated rings. The molecule has 90 valence electrons. The van der Waals surface area contributed by atoms with Crippen molar-refractivity contribution in [1.29, 1.82) is 0 Å². The molecule has 0 saturated heterocycles. The zero-order valence-corrected chi connectivity index (χ0v) is 10.3. The van der Waals surface area contributed by atoms with Crippen LogP contribution in [0.1, 0.15) is 0 Å². The van der Waals surface area contributed by atoms with Gasteiger partial charge in [-0.2, -0.15) is 9.90 Å². The van der Waals surface area contributed by atoms with Crippen LogP contribution in [0.5, 0.6) is 0 Å². The number of nitrogens with zero attached hydrogens (tertiary/aromatic N) is 6. The van der Waals surface area contributed by atoms with Gasteiger partial charge in [0.25, 0.3) is 0 Å². The molecular weight excluding hydrogens is 252 g/mol. The topological polar surface area (TPSA) is 61.4 Å². The van der Waals surface area contributed by atoms with Gasteiger partial charge in [-0.3, -0.25) is 0 Å². The van der Waals surface area contributed by atoms with Crippen molar-refractivity contribution in [1.82, 2.24) is 30.0 Å². The molecule has 0 aliphatic carbocycles. The van der Waals surface area contributed by atoms with Gasteiger partial charge in [-0.15, -0.1) is 10.2 Å². The van der Waals surface area contributed by atoms with Crippen molar-refractivity contribution in [2.24, 2.45) is 7.05 Å². The second kappa shape index (κ2) is 4.23. The fraction of sp³-hybridized carbons (Fsp3) is 0.0909. The summed E-state index contributed by atoms with van der Waals surface area (Å²) in [4.78, 5) is 1.38. The fourth-order valence-corrected chi connectivity index (χ4v) is 1.90. The number of rotatable bonds is 2. The Bertz CT molecular complexity index is 672. The molecule has 3 aromatic rings. The molecule has 0 radical (unpaired) electrons. The Morgan fingerprint density at radius 3 is 2.61 bits per heavy atom. The maximum absolute atomic E-state index is 6.29. The summed E-state index contributed by atoms with van der Waals surface area (Å²) in [5, 5.41) is 16.5. The number of aryl methyl sites for hydroxylation is 1. The summed E-state index contributed by atoms with van der Waals surface area (Å²) >= 11 is 6.29. The zero-order valence-electron chi connectivity index (χ0n) is 9.53. The number of benzene rings is 1. The van der Waals surface area contributed by atoms with E-state index in [1.807, 2.05) is 30.3 Å². The third-order valence-corrected chi connectivity index (χ3v) is 2.82. The summed E-state index contributed by atoms with van der Waals surface area (Å²) in [6.07, 6.45) is 1.63. The lowest BCUT2D eigenvalue weighted by Crippen LogP contribution is -1.95. The number of hydrogen-bond acceptors (Lipinski definition) is 4. The Morgan fingerprint density at radius 1 is 1.17 bits per heavy atom. The molecular formula is C11H9ClN6. The molecule has 6 nitrogen and oxygen atoms in total. The molecule has 3 rings (SSSR count). The monoisotopic (exact) mass is 260 g/mol. The van der Waals surface area contributed by atoms with Crippen molar-refractivity contribution in [3.63, 3.8) is 0 Å². The molecule has 18 heavy (non-hydrogen) atoms. The van der Waals surface area contributed by atoms with Crippen LogP contribution in [0, 0.1) is 0 Å². The summed E-state index contributed by atoms with van der Waals surface area (Å²) in [5.74, 6) is 0.463. The first-order chi connectivity index (χ1) is 8.75. The quantitative estimate of drug-likeness (QED) is 0.704. The molecule has 7 heteroatoms. The molecule has 0 aliphatic rings. The number of hydrogen-bond donors (Lipinski definition) is 0. The Labute approximate surface area is 108 Å². The van der Waals surface area contributed by atoms with Gasteiger partial charge in [0.05, 0.1) is 24.5 Å². The van der Waals surface area contributed by atoms with Gasteiger partial charge >= 0.3 is 0 Å². The van der Waals surface area contributed by atoms with Crippen LogP contribution in [-0.4, -0.2) is 30.0 Å². The summed E-state index contributed by atoms with van der Waals surface area (Å²) < 4.78 is 1.63. The first-order valence-corrected chi connectivity index (χ1v) is 5.67. The lowest BCUT2D eigenvalue weighted by molar-refractivity contribution is 0.630. The minimum atomic E-state index is 0.463. The van der Waals surface area contributed by atoms with Crippen molar-refractivity contribution >= 4 is 11.6 Å². The van der Waals surface area contributed by atoms with Gasteiger partial charge in [-0.1, -0.05) is 29.8 Å². The van der Waals surface area contributed by atoms with Crippen LogP contribution in [0.25, 0.3) is 17.1 Å². The molecule has 0 N–H and O–H groups in total. The zero-order chi connectivity index (χ0) is 12.5. The van der Waals surface area contributed by atoms with Crippen LogP contribution in [0.15, 0.2) is 36.5 Å². The molecule has 0 unspecified atom stereocenters. The Hall–Kier alpha value is -2.21. The maximum atomic E-state index is 6.29. The van der Waals surface area contributed by atoms with E-state index in [-0.39, 0.29) is 0 Å². The third-order valence-electron chi connectivity index (χ3n) is 2.46. The van der Waals surface area contributed by atoms with Gasteiger partial charge in [0.2, 0.25) is 5.82 Å². The molecule has 0 amide bonds. The molecule has 2 heterocycles. The summed E-state index contributed by atoms with van der Waals surface area (Å²) in [6, 6.07) is 9.63. The second-order valence-corrected chi connectivity index (χ2v) is 4.06. The van der Waals surface area contributed by atoms with E-state index in [0.29, 0.717) is 16.5 Å². The van der Waals surface area contributed by atoms with Crippen LogP contribution >= 0.6 is 11.6 Å². The molecule has 0 atom stereocenters. The van der Waals surface area contributed by atoms with Crippen LogP contribution in [0.4, 0.5) is 0 Å². The SMILES string of the molecule is Cn1nnc(-c2cnn(-c3ccccc3)c2Cl)n1. The van der Waals surface area contributed by atoms with E-state index in [1.54, 1.807) is 17.9 Å². The lowest BCUT2D eigenvalue weighted by Gasteiger charge is -2.01. The van der Waals surface area contributed by atoms with E-state index in [9.17, 15) is 0 Å². The highest BCUT2D eigenvalue weighted by Gasteiger charge is 2.15. The smallest absolute Gasteiger partial charge is 0.209 e. The van der Waals surface area contributed by atoms with Crippen LogP contribution in [-0.2, 0) is 7.05 Å². The summed E-state index contributed by atoms with van der Waals surface area (Å²) in [5.41, 5.74) is 1.55. The average molecular weight is 261 g/mol. The highest BCUT2D eigenvalue weighted by atomic mass is 35.5. The highest BCUT2D eigenvalue weighted by Crippen LogP contribution is 2.26. The van der Waals surface area contributed by atoms with Crippen molar-refractivity contribution in [2.75, 3.05) is 0 Å². The minimum Gasteiger partial charge on any atom is -0.221 e. The van der Waals surface area contributed by atoms with Crippen molar-refractivity contribution in [3.05, 3.63) is 41.7 Å². The Kier molecular flexibility index (Phi) is 2.56. The van der Waals surface area contributed by atoms with E-state index in [0.717, 1.165) is 5.69 Å². The third kappa shape index (κ3) is 1.76. The van der Waals surface area contributed by atoms with Crippen molar-refractivity contribution in [3.8, 4) is 17.1 Å². The van der Waals surface area contributed by atoms with Crippen molar-refractivity contribution < 1.29 is 0 Å².